The summed E-state index contributed by atoms with van der Waals surface area (Å²) in [7, 11) is 0. The molecule has 237 valence electrons. The van der Waals surface area contributed by atoms with Crippen LogP contribution >= 0.6 is 0 Å². The number of allylic oxidation sites excluding steroid dienone is 1. The van der Waals surface area contributed by atoms with Crippen LogP contribution in [0.5, 0.6) is 0 Å². The maximum absolute atomic E-state index is 14.1. The molecule has 3 fully saturated rings. The Kier molecular flexibility index (Phi) is 10.6. The second-order valence-electron chi connectivity index (χ2n) is 13.6. The first-order valence-electron chi connectivity index (χ1n) is 14.6. The molecule has 43 heavy (non-hydrogen) atoms. The number of ketones is 1. The number of carbonyl (C=O) groups excluding carboxylic acids is 4. The molecular formula is C31H45AcNO10. The molecule has 0 unspecified atom stereocenters. The molecule has 1 heterocycles. The van der Waals surface area contributed by atoms with Gasteiger partial charge in [-0.05, 0) is 39.2 Å². The van der Waals surface area contributed by atoms with E-state index in [-0.39, 0.29) is 69.3 Å². The Morgan fingerprint density at radius 1 is 1.09 bits per heavy atom. The Hall–Kier alpha value is -1.16. The van der Waals surface area contributed by atoms with Crippen molar-refractivity contribution in [3.8, 4) is 0 Å². The fourth-order valence-corrected chi connectivity index (χ4v) is 7.79. The number of fused-ring (bicyclic) bond motifs is 5. The van der Waals surface area contributed by atoms with Gasteiger partial charge in [-0.3, -0.25) is 14.4 Å². The fourth-order valence-electron chi connectivity index (χ4n) is 7.79. The monoisotopic (exact) mass is 818 g/mol. The second kappa shape index (κ2) is 12.6. The number of amides is 1. The van der Waals surface area contributed by atoms with Crippen LogP contribution in [0.4, 0.5) is 0 Å². The molecule has 1 radical (unpaired) electrons. The molecule has 11 nitrogen and oxygen atoms in total. The molecule has 0 aromatic carbocycles. The summed E-state index contributed by atoms with van der Waals surface area (Å²) in [5.41, 5.74) is -3.80. The Labute approximate surface area is 288 Å². The SMILES string of the molecule is CC(=O)N[C@@H](C=C(C)C)[C@@H](O)C(=O)O[C@H]1C[C@@]2(O)[C@@H](OC(C)=O)[C@@H]3[C@]4(O)CO[C@@H]4CC[C@@]3(C)C(=O)CC(=C1C)C2(C)C.[Ac]. The van der Waals surface area contributed by atoms with Gasteiger partial charge < -0.3 is 34.8 Å². The van der Waals surface area contributed by atoms with Gasteiger partial charge in [-0.25, -0.2) is 4.79 Å². The molecule has 9 atom stereocenters. The van der Waals surface area contributed by atoms with Crippen molar-refractivity contribution < 1.29 is 92.8 Å². The normalized spacial score (nSPS) is 37.4. The van der Waals surface area contributed by atoms with Gasteiger partial charge in [-0.1, -0.05) is 38.0 Å². The van der Waals surface area contributed by atoms with E-state index in [4.69, 9.17) is 14.2 Å². The average Bonchev–Trinajstić information content (AvgIpc) is 2.85. The van der Waals surface area contributed by atoms with E-state index in [9.17, 15) is 34.5 Å². The van der Waals surface area contributed by atoms with Crippen LogP contribution in [-0.2, 0) is 33.4 Å². The first-order valence-corrected chi connectivity index (χ1v) is 14.6. The summed E-state index contributed by atoms with van der Waals surface area (Å²) in [5.74, 6) is -3.33. The van der Waals surface area contributed by atoms with Crippen molar-refractivity contribution >= 4 is 23.6 Å². The maximum atomic E-state index is 14.1. The van der Waals surface area contributed by atoms with Gasteiger partial charge in [-0.15, -0.1) is 0 Å². The largest absolute Gasteiger partial charge is 0.459 e. The zero-order chi connectivity index (χ0) is 31.6. The zero-order valence-electron chi connectivity index (χ0n) is 26.4. The maximum Gasteiger partial charge on any atom is 0.338 e. The molecule has 4 rings (SSSR count). The third kappa shape index (κ3) is 6.06. The van der Waals surface area contributed by atoms with Crippen LogP contribution in [0.25, 0.3) is 0 Å². The molecule has 2 bridgehead atoms. The Bertz CT molecular complexity index is 1240. The number of aliphatic hydroxyl groups excluding tert-OH is 1. The summed E-state index contributed by atoms with van der Waals surface area (Å²) < 4.78 is 17.4. The minimum absolute atomic E-state index is 0. The van der Waals surface area contributed by atoms with Crippen LogP contribution in [0.2, 0.25) is 0 Å². The van der Waals surface area contributed by atoms with Crippen molar-refractivity contribution in [1.29, 1.82) is 0 Å². The van der Waals surface area contributed by atoms with Crippen LogP contribution in [0.3, 0.4) is 0 Å². The van der Waals surface area contributed by atoms with E-state index in [1.165, 1.54) is 19.9 Å². The van der Waals surface area contributed by atoms with Crippen molar-refractivity contribution in [3.63, 3.8) is 0 Å². The van der Waals surface area contributed by atoms with E-state index < -0.39 is 76.3 Å². The number of aliphatic hydroxyl groups is 3. The number of Topliss-reactive ketones (excluding diaryl/α,β-unsaturated/α-hetero) is 1. The Balaban J connectivity index is 0.00000506. The number of rotatable bonds is 6. The summed E-state index contributed by atoms with van der Waals surface area (Å²) in [6.45, 7) is 12.9. The molecule has 2 saturated carbocycles. The van der Waals surface area contributed by atoms with Gasteiger partial charge in [0.2, 0.25) is 5.91 Å². The molecule has 1 amide bonds. The van der Waals surface area contributed by atoms with Gasteiger partial charge in [0.1, 0.15) is 29.2 Å². The molecule has 1 aliphatic heterocycles. The van der Waals surface area contributed by atoms with E-state index in [0.717, 1.165) is 5.57 Å². The van der Waals surface area contributed by atoms with Gasteiger partial charge in [-0.2, -0.15) is 0 Å². The van der Waals surface area contributed by atoms with Gasteiger partial charge in [0, 0.05) is 87.5 Å². The molecule has 0 aromatic heterocycles. The molecule has 4 N–H and O–H groups in total. The second-order valence-corrected chi connectivity index (χ2v) is 13.6. The van der Waals surface area contributed by atoms with Crippen LogP contribution in [0, 0.1) is 60.8 Å². The smallest absolute Gasteiger partial charge is 0.338 e. The van der Waals surface area contributed by atoms with Crippen LogP contribution in [0.1, 0.15) is 81.1 Å². The van der Waals surface area contributed by atoms with Crippen LogP contribution < -0.4 is 5.32 Å². The topological polar surface area (TPSA) is 169 Å². The predicted octanol–water partition coefficient (Wildman–Crippen LogP) is 1.66. The van der Waals surface area contributed by atoms with Crippen molar-refractivity contribution in [3.05, 3.63) is 22.8 Å². The molecule has 12 heteroatoms. The standard InChI is InChI=1S/C31H45NO10.Ac/c1-15(2)11-20(32-17(4)33)24(36)27(37)42-21-13-31(39)26(41-18(5)34)25-29(8,10-9-23-30(25,38)14-40-23)22(35)12-19(16(21)3)28(31,6)7;/h11,20-21,23-26,36,38-39H,9-10,12-14H2,1-8H3,(H,32,33);/t20-,21-,23+,24+,25-,26-,29-,30-,31+;/m0./s1. The Morgan fingerprint density at radius 3 is 2.23 bits per heavy atom. The van der Waals surface area contributed by atoms with E-state index in [1.807, 2.05) is 0 Å². The van der Waals surface area contributed by atoms with E-state index in [0.29, 0.717) is 24.0 Å². The first-order chi connectivity index (χ1) is 19.3. The minimum Gasteiger partial charge on any atom is -0.459 e. The number of nitrogens with one attached hydrogen (secondary N) is 1. The zero-order valence-corrected chi connectivity index (χ0v) is 31.1. The number of ether oxygens (including phenoxy) is 3. The summed E-state index contributed by atoms with van der Waals surface area (Å²) in [6, 6.07) is -1.05. The van der Waals surface area contributed by atoms with Gasteiger partial charge in [0.05, 0.1) is 18.8 Å². The minimum atomic E-state index is -1.89. The average molecular weight is 819 g/mol. The van der Waals surface area contributed by atoms with Gasteiger partial charge >= 0.3 is 11.9 Å². The molecule has 4 aliphatic rings. The third-order valence-electron chi connectivity index (χ3n) is 10.3. The van der Waals surface area contributed by atoms with Crippen molar-refractivity contribution in [2.75, 3.05) is 6.61 Å². The number of esters is 2. The Morgan fingerprint density at radius 2 is 1.72 bits per heavy atom. The number of carbonyl (C=O) groups is 4. The van der Waals surface area contributed by atoms with E-state index >= 15 is 0 Å². The summed E-state index contributed by atoms with van der Waals surface area (Å²) >= 11 is 0. The molecular weight excluding hydrogens is 773 g/mol. The fraction of sp³-hybridized carbons (Fsp3) is 0.742. The van der Waals surface area contributed by atoms with Crippen molar-refractivity contribution in [1.82, 2.24) is 5.32 Å². The third-order valence-corrected chi connectivity index (χ3v) is 10.3. The van der Waals surface area contributed by atoms with E-state index in [1.54, 1.807) is 41.5 Å². The van der Waals surface area contributed by atoms with Crippen molar-refractivity contribution in [2.45, 2.75) is 123 Å². The molecule has 0 aromatic rings. The molecule has 0 spiro atoms. The summed E-state index contributed by atoms with van der Waals surface area (Å²) in [4.78, 5) is 51.7. The van der Waals surface area contributed by atoms with Gasteiger partial charge in [0.15, 0.2) is 6.10 Å². The summed E-state index contributed by atoms with van der Waals surface area (Å²) in [6.07, 6.45) is -2.68. The van der Waals surface area contributed by atoms with Gasteiger partial charge in [0.25, 0.3) is 0 Å². The van der Waals surface area contributed by atoms with E-state index in [2.05, 4.69) is 5.32 Å². The van der Waals surface area contributed by atoms with Crippen LogP contribution in [0.15, 0.2) is 22.8 Å². The van der Waals surface area contributed by atoms with Crippen molar-refractivity contribution in [2.24, 2.45) is 16.7 Å². The molecule has 3 aliphatic carbocycles. The number of hydrogen-bond donors (Lipinski definition) is 4. The van der Waals surface area contributed by atoms with Crippen LogP contribution in [-0.4, -0.2) is 87.2 Å². The number of hydrogen-bond acceptors (Lipinski definition) is 10. The predicted molar refractivity (Wildman–Crippen MR) is 150 cm³/mol. The summed E-state index contributed by atoms with van der Waals surface area (Å²) in [5, 5.41) is 38.0. The quantitative estimate of drug-likeness (QED) is 0.229. The molecule has 1 saturated heterocycles. The first kappa shape index (κ1) is 36.3.